The number of carbonyl (C=O) groups excluding carboxylic acids is 1. The summed E-state index contributed by atoms with van der Waals surface area (Å²) in [5, 5.41) is 12.3. The van der Waals surface area contributed by atoms with Crippen molar-refractivity contribution in [3.05, 3.63) is 63.6 Å². The lowest BCUT2D eigenvalue weighted by Gasteiger charge is -2.06. The van der Waals surface area contributed by atoms with Crippen molar-refractivity contribution in [1.29, 1.82) is 5.26 Å². The molecule has 0 heterocycles. The maximum absolute atomic E-state index is 11.9. The van der Waals surface area contributed by atoms with Gasteiger partial charge in [-0.05, 0) is 35.4 Å². The third kappa shape index (κ3) is 4.49. The Bertz CT molecular complexity index is 690. The van der Waals surface area contributed by atoms with Gasteiger partial charge in [0.25, 0.3) is 0 Å². The number of hydrogen-bond donors (Lipinski definition) is 1. The number of hydrogen-bond acceptors (Lipinski definition) is 2. The Balaban J connectivity index is 1.98. The van der Waals surface area contributed by atoms with E-state index in [2.05, 4.69) is 11.4 Å². The Morgan fingerprint density at radius 3 is 2.33 bits per heavy atom. The summed E-state index contributed by atoms with van der Waals surface area (Å²) in [7, 11) is 0. The molecule has 3 nitrogen and oxygen atoms in total. The van der Waals surface area contributed by atoms with E-state index in [1.165, 1.54) is 0 Å². The highest BCUT2D eigenvalue weighted by Gasteiger charge is 2.06. The molecule has 0 saturated carbocycles. The van der Waals surface area contributed by atoms with Crippen molar-refractivity contribution in [3.8, 4) is 6.07 Å². The van der Waals surface area contributed by atoms with E-state index in [-0.39, 0.29) is 12.3 Å². The molecular formula is C16H12Cl2N2O. The molecule has 0 radical (unpaired) electrons. The maximum atomic E-state index is 11.9. The van der Waals surface area contributed by atoms with Crippen molar-refractivity contribution < 1.29 is 4.79 Å². The number of anilines is 1. The molecule has 1 amide bonds. The van der Waals surface area contributed by atoms with Crippen molar-refractivity contribution in [2.24, 2.45) is 0 Å². The van der Waals surface area contributed by atoms with Gasteiger partial charge in [-0.15, -0.1) is 0 Å². The van der Waals surface area contributed by atoms with Crippen molar-refractivity contribution >= 4 is 34.8 Å². The summed E-state index contributed by atoms with van der Waals surface area (Å²) in [6.45, 7) is 0. The van der Waals surface area contributed by atoms with Crippen LogP contribution in [0.4, 0.5) is 5.69 Å². The summed E-state index contributed by atoms with van der Waals surface area (Å²) in [5.74, 6) is -0.138. The van der Waals surface area contributed by atoms with Crippen LogP contribution in [-0.2, 0) is 17.6 Å². The number of amides is 1. The lowest BCUT2D eigenvalue weighted by atomic mass is 10.1. The predicted octanol–water partition coefficient (Wildman–Crippen LogP) is 4.24. The second kappa shape index (κ2) is 7.12. The predicted molar refractivity (Wildman–Crippen MR) is 84.6 cm³/mol. The Morgan fingerprint density at radius 2 is 1.71 bits per heavy atom. The molecule has 5 heteroatoms. The van der Waals surface area contributed by atoms with Crippen LogP contribution < -0.4 is 5.32 Å². The van der Waals surface area contributed by atoms with E-state index in [0.29, 0.717) is 22.2 Å². The van der Waals surface area contributed by atoms with Crippen LogP contribution in [0, 0.1) is 11.3 Å². The van der Waals surface area contributed by atoms with Gasteiger partial charge in [0, 0.05) is 5.69 Å². The molecule has 0 bridgehead atoms. The summed E-state index contributed by atoms with van der Waals surface area (Å²) in [5.41, 5.74) is 2.41. The fraction of sp³-hybridized carbons (Fsp3) is 0.125. The molecule has 0 aliphatic rings. The molecule has 21 heavy (non-hydrogen) atoms. The summed E-state index contributed by atoms with van der Waals surface area (Å²) in [6.07, 6.45) is 0.578. The molecule has 2 rings (SSSR count). The summed E-state index contributed by atoms with van der Waals surface area (Å²) in [6, 6.07) is 14.4. The van der Waals surface area contributed by atoms with Crippen LogP contribution in [0.1, 0.15) is 11.1 Å². The molecular weight excluding hydrogens is 307 g/mol. The fourth-order valence-electron chi connectivity index (χ4n) is 1.84. The molecule has 2 aromatic rings. The van der Waals surface area contributed by atoms with Crippen LogP contribution in [0.15, 0.2) is 42.5 Å². The van der Waals surface area contributed by atoms with E-state index in [4.69, 9.17) is 28.5 Å². The van der Waals surface area contributed by atoms with Crippen LogP contribution in [0.5, 0.6) is 0 Å². The van der Waals surface area contributed by atoms with E-state index in [9.17, 15) is 4.79 Å². The maximum Gasteiger partial charge on any atom is 0.228 e. The number of rotatable bonds is 4. The van der Waals surface area contributed by atoms with Crippen LogP contribution in [-0.4, -0.2) is 5.91 Å². The minimum absolute atomic E-state index is 0.138. The summed E-state index contributed by atoms with van der Waals surface area (Å²) in [4.78, 5) is 11.9. The second-order valence-corrected chi connectivity index (χ2v) is 5.32. The Kier molecular flexibility index (Phi) is 5.21. The first-order valence-corrected chi connectivity index (χ1v) is 7.04. The number of benzene rings is 2. The third-order valence-corrected chi connectivity index (χ3v) is 3.61. The van der Waals surface area contributed by atoms with Crippen LogP contribution >= 0.6 is 23.2 Å². The smallest absolute Gasteiger partial charge is 0.228 e. The van der Waals surface area contributed by atoms with Crippen LogP contribution in [0.25, 0.3) is 0 Å². The summed E-state index contributed by atoms with van der Waals surface area (Å²) >= 11 is 11.7. The number of nitrogens with zero attached hydrogens (tertiary/aromatic N) is 1. The van der Waals surface area contributed by atoms with Gasteiger partial charge in [0.1, 0.15) is 0 Å². The Labute approximate surface area is 133 Å². The zero-order valence-electron chi connectivity index (χ0n) is 11.1. The quantitative estimate of drug-likeness (QED) is 0.916. The number of halogens is 2. The van der Waals surface area contributed by atoms with Gasteiger partial charge in [0.15, 0.2) is 0 Å². The van der Waals surface area contributed by atoms with Crippen molar-refractivity contribution in [3.63, 3.8) is 0 Å². The monoisotopic (exact) mass is 318 g/mol. The van der Waals surface area contributed by atoms with E-state index < -0.39 is 0 Å². The lowest BCUT2D eigenvalue weighted by molar-refractivity contribution is -0.115. The first-order valence-electron chi connectivity index (χ1n) is 6.28. The van der Waals surface area contributed by atoms with Crippen molar-refractivity contribution in [2.45, 2.75) is 12.8 Å². The van der Waals surface area contributed by atoms with Gasteiger partial charge in [0.05, 0.1) is 29.0 Å². The highest BCUT2D eigenvalue weighted by molar-refractivity contribution is 6.42. The summed E-state index contributed by atoms with van der Waals surface area (Å²) < 4.78 is 0. The number of carbonyl (C=O) groups is 1. The van der Waals surface area contributed by atoms with E-state index >= 15 is 0 Å². The zero-order chi connectivity index (χ0) is 15.2. The van der Waals surface area contributed by atoms with Gasteiger partial charge < -0.3 is 5.32 Å². The molecule has 0 aliphatic heterocycles. The molecule has 0 aliphatic carbocycles. The normalized spacial score (nSPS) is 9.95. The van der Waals surface area contributed by atoms with E-state index in [0.717, 1.165) is 11.1 Å². The van der Waals surface area contributed by atoms with Crippen molar-refractivity contribution in [2.75, 3.05) is 5.32 Å². The van der Waals surface area contributed by atoms with Crippen LogP contribution in [0.2, 0.25) is 10.0 Å². The number of nitriles is 1. The minimum Gasteiger partial charge on any atom is -0.326 e. The Morgan fingerprint density at radius 1 is 1.05 bits per heavy atom. The lowest BCUT2D eigenvalue weighted by Crippen LogP contribution is -2.14. The molecule has 0 aromatic heterocycles. The van der Waals surface area contributed by atoms with Gasteiger partial charge in [-0.25, -0.2) is 0 Å². The van der Waals surface area contributed by atoms with E-state index in [1.54, 1.807) is 30.3 Å². The largest absolute Gasteiger partial charge is 0.326 e. The van der Waals surface area contributed by atoms with Gasteiger partial charge in [-0.2, -0.15) is 5.26 Å². The number of nitrogens with one attached hydrogen (secondary N) is 1. The first kappa shape index (κ1) is 15.4. The Hall–Kier alpha value is -2.02. The third-order valence-electron chi connectivity index (χ3n) is 2.87. The SMILES string of the molecule is N#CCc1ccc(NC(=O)Cc2ccc(Cl)c(Cl)c2)cc1. The van der Waals surface area contributed by atoms with Crippen LogP contribution in [0.3, 0.4) is 0 Å². The standard InChI is InChI=1S/C16H12Cl2N2O/c17-14-6-3-12(9-15(14)18)10-16(21)20-13-4-1-11(2-5-13)7-8-19/h1-6,9H,7,10H2,(H,20,21). The second-order valence-electron chi connectivity index (χ2n) is 4.51. The molecule has 106 valence electrons. The van der Waals surface area contributed by atoms with Gasteiger partial charge >= 0.3 is 0 Å². The molecule has 0 saturated heterocycles. The topological polar surface area (TPSA) is 52.9 Å². The van der Waals surface area contributed by atoms with Crippen molar-refractivity contribution in [1.82, 2.24) is 0 Å². The average molecular weight is 319 g/mol. The molecule has 1 N–H and O–H groups in total. The highest BCUT2D eigenvalue weighted by Crippen LogP contribution is 2.23. The molecule has 0 fully saturated rings. The molecule has 2 aromatic carbocycles. The molecule has 0 unspecified atom stereocenters. The zero-order valence-corrected chi connectivity index (χ0v) is 12.6. The molecule has 0 spiro atoms. The average Bonchev–Trinajstić information content (AvgIpc) is 2.45. The fourth-order valence-corrected chi connectivity index (χ4v) is 2.16. The van der Waals surface area contributed by atoms with Gasteiger partial charge in [0.2, 0.25) is 5.91 Å². The van der Waals surface area contributed by atoms with Gasteiger partial charge in [-0.3, -0.25) is 4.79 Å². The minimum atomic E-state index is -0.138. The first-order chi connectivity index (χ1) is 10.1. The molecule has 0 atom stereocenters. The van der Waals surface area contributed by atoms with Gasteiger partial charge in [-0.1, -0.05) is 41.4 Å². The van der Waals surface area contributed by atoms with E-state index in [1.807, 2.05) is 12.1 Å². The highest BCUT2D eigenvalue weighted by atomic mass is 35.5.